The van der Waals surface area contributed by atoms with Crippen LogP contribution in [0.3, 0.4) is 0 Å². The van der Waals surface area contributed by atoms with Crippen molar-refractivity contribution in [3.8, 4) is 0 Å². The van der Waals surface area contributed by atoms with Gasteiger partial charge in [0.2, 0.25) is 0 Å². The molecule has 1 rings (SSSR count). The highest BCUT2D eigenvalue weighted by atomic mass is 16.5. The van der Waals surface area contributed by atoms with Crippen LogP contribution in [0.5, 0.6) is 0 Å². The van der Waals surface area contributed by atoms with Crippen LogP contribution >= 0.6 is 0 Å². The lowest BCUT2D eigenvalue weighted by atomic mass is 10.3. The zero-order valence-electron chi connectivity index (χ0n) is 6.66. The minimum absolute atomic E-state index is 0.442. The van der Waals surface area contributed by atoms with E-state index in [9.17, 15) is 4.91 Å². The molecule has 0 bridgehead atoms. The topological polar surface area (TPSA) is 41.9 Å². The molecule has 0 atom stereocenters. The summed E-state index contributed by atoms with van der Waals surface area (Å²) in [4.78, 5) is 12.1. The molecule has 0 aromatic heterocycles. The lowest BCUT2D eigenvalue weighted by Crippen LogP contribution is -2.37. The Morgan fingerprint density at radius 1 is 1.36 bits per heavy atom. The molecule has 11 heavy (non-hydrogen) atoms. The number of hydrogen-bond acceptors (Lipinski definition) is 4. The van der Waals surface area contributed by atoms with Crippen LogP contribution < -0.4 is 0 Å². The van der Waals surface area contributed by atoms with Crippen molar-refractivity contribution in [2.24, 2.45) is 5.18 Å². The van der Waals surface area contributed by atoms with Crippen molar-refractivity contribution in [2.75, 3.05) is 39.4 Å². The highest BCUT2D eigenvalue weighted by molar-refractivity contribution is 4.61. The first-order chi connectivity index (χ1) is 5.43. The molecule has 0 amide bonds. The van der Waals surface area contributed by atoms with Crippen LogP contribution in [0.1, 0.15) is 6.42 Å². The maximum absolute atomic E-state index is 9.75. The van der Waals surface area contributed by atoms with Crippen LogP contribution in [0, 0.1) is 4.91 Å². The Morgan fingerprint density at radius 3 is 2.73 bits per heavy atom. The van der Waals surface area contributed by atoms with E-state index in [1.807, 2.05) is 0 Å². The normalized spacial score (nSPS) is 20.0. The van der Waals surface area contributed by atoms with E-state index in [2.05, 4.69) is 10.1 Å². The Balaban J connectivity index is 2.00. The molecule has 0 radical (unpaired) electrons. The van der Waals surface area contributed by atoms with Crippen LogP contribution in [0.25, 0.3) is 0 Å². The molecule has 0 saturated carbocycles. The summed E-state index contributed by atoms with van der Waals surface area (Å²) in [5.74, 6) is 0. The van der Waals surface area contributed by atoms with Gasteiger partial charge in [-0.2, -0.15) is 4.91 Å². The Labute approximate surface area is 66.5 Å². The van der Waals surface area contributed by atoms with E-state index in [1.165, 1.54) is 0 Å². The van der Waals surface area contributed by atoms with Crippen LogP contribution in [-0.2, 0) is 4.74 Å². The van der Waals surface area contributed by atoms with E-state index in [0.29, 0.717) is 6.54 Å². The zero-order chi connectivity index (χ0) is 7.94. The van der Waals surface area contributed by atoms with Gasteiger partial charge in [-0.1, -0.05) is 5.18 Å². The lowest BCUT2D eigenvalue weighted by molar-refractivity contribution is 0.0377. The van der Waals surface area contributed by atoms with Crippen LogP contribution in [0.15, 0.2) is 5.18 Å². The fraction of sp³-hybridized carbons (Fsp3) is 1.00. The van der Waals surface area contributed by atoms with Gasteiger partial charge in [0.1, 0.15) is 0 Å². The molecule has 64 valence electrons. The second-order valence-electron chi connectivity index (χ2n) is 2.66. The van der Waals surface area contributed by atoms with E-state index >= 15 is 0 Å². The summed E-state index contributed by atoms with van der Waals surface area (Å²) in [7, 11) is 0. The van der Waals surface area contributed by atoms with E-state index in [4.69, 9.17) is 4.74 Å². The summed E-state index contributed by atoms with van der Waals surface area (Å²) in [5, 5.41) is 2.81. The molecule has 0 aromatic rings. The SMILES string of the molecule is O=NCCCN1CCOCC1. The van der Waals surface area contributed by atoms with Gasteiger partial charge in [-0.3, -0.25) is 4.90 Å². The first-order valence-corrected chi connectivity index (χ1v) is 4.02. The minimum atomic E-state index is 0.442. The molecule has 4 nitrogen and oxygen atoms in total. The molecule has 4 heteroatoms. The van der Waals surface area contributed by atoms with Crippen molar-refractivity contribution in [1.82, 2.24) is 4.90 Å². The lowest BCUT2D eigenvalue weighted by Gasteiger charge is -2.25. The third kappa shape index (κ3) is 3.43. The van der Waals surface area contributed by atoms with Gasteiger partial charge in [0.15, 0.2) is 0 Å². The maximum Gasteiger partial charge on any atom is 0.0823 e. The van der Waals surface area contributed by atoms with Crippen molar-refractivity contribution in [1.29, 1.82) is 0 Å². The average molecular weight is 158 g/mol. The summed E-state index contributed by atoms with van der Waals surface area (Å²) in [5.41, 5.74) is 0. The highest BCUT2D eigenvalue weighted by Crippen LogP contribution is 1.97. The Kier molecular flexibility index (Phi) is 4.08. The summed E-state index contributed by atoms with van der Waals surface area (Å²) in [6, 6.07) is 0. The second-order valence-corrected chi connectivity index (χ2v) is 2.66. The van der Waals surface area contributed by atoms with Crippen LogP contribution in [-0.4, -0.2) is 44.3 Å². The maximum atomic E-state index is 9.75. The summed E-state index contributed by atoms with van der Waals surface area (Å²) >= 11 is 0. The predicted octanol–water partition coefficient (Wildman–Crippen LogP) is 0.475. The quantitative estimate of drug-likeness (QED) is 0.441. The van der Waals surface area contributed by atoms with Crippen molar-refractivity contribution < 1.29 is 4.74 Å². The van der Waals surface area contributed by atoms with Crippen LogP contribution in [0.4, 0.5) is 0 Å². The molecular formula is C7H14N2O2. The molecule has 1 heterocycles. The zero-order valence-corrected chi connectivity index (χ0v) is 6.66. The Hall–Kier alpha value is -0.480. The van der Waals surface area contributed by atoms with Crippen molar-refractivity contribution >= 4 is 0 Å². The molecule has 0 aliphatic carbocycles. The summed E-state index contributed by atoms with van der Waals surface area (Å²) < 4.78 is 5.18. The van der Waals surface area contributed by atoms with Crippen molar-refractivity contribution in [3.05, 3.63) is 4.91 Å². The number of rotatable bonds is 4. The number of ether oxygens (including phenoxy) is 1. The molecular weight excluding hydrogens is 144 g/mol. The van der Waals surface area contributed by atoms with Gasteiger partial charge in [-0.05, 0) is 6.42 Å². The Morgan fingerprint density at radius 2 is 2.09 bits per heavy atom. The van der Waals surface area contributed by atoms with E-state index in [1.54, 1.807) is 0 Å². The van der Waals surface area contributed by atoms with E-state index in [-0.39, 0.29) is 0 Å². The number of nitrogens with zero attached hydrogens (tertiary/aromatic N) is 2. The van der Waals surface area contributed by atoms with Crippen molar-refractivity contribution in [3.63, 3.8) is 0 Å². The summed E-state index contributed by atoms with van der Waals surface area (Å²) in [6.45, 7) is 5.08. The second kappa shape index (κ2) is 5.21. The third-order valence-electron chi connectivity index (χ3n) is 1.83. The average Bonchev–Trinajstić information content (AvgIpc) is 2.07. The number of hydrogen-bond donors (Lipinski definition) is 0. The standard InChI is InChI=1S/C7H14N2O2/c10-8-2-1-3-9-4-6-11-7-5-9/h1-7H2. The molecule has 1 aliphatic heterocycles. The van der Waals surface area contributed by atoms with Gasteiger partial charge in [-0.25, -0.2) is 0 Å². The monoisotopic (exact) mass is 158 g/mol. The fourth-order valence-electron chi connectivity index (χ4n) is 1.18. The van der Waals surface area contributed by atoms with Gasteiger partial charge >= 0.3 is 0 Å². The molecule has 0 spiro atoms. The molecule has 1 saturated heterocycles. The predicted molar refractivity (Wildman–Crippen MR) is 42.5 cm³/mol. The molecule has 1 fully saturated rings. The Bertz CT molecular complexity index is 113. The van der Waals surface area contributed by atoms with E-state index < -0.39 is 0 Å². The summed E-state index contributed by atoms with van der Waals surface area (Å²) in [6.07, 6.45) is 0.878. The highest BCUT2D eigenvalue weighted by Gasteiger charge is 2.08. The smallest absolute Gasteiger partial charge is 0.0823 e. The van der Waals surface area contributed by atoms with Crippen LogP contribution in [0.2, 0.25) is 0 Å². The first-order valence-electron chi connectivity index (χ1n) is 4.02. The van der Waals surface area contributed by atoms with Gasteiger partial charge in [0, 0.05) is 19.6 Å². The molecule has 0 aromatic carbocycles. The fourth-order valence-corrected chi connectivity index (χ4v) is 1.18. The number of morpholine rings is 1. The van der Waals surface area contributed by atoms with Gasteiger partial charge in [0.05, 0.1) is 19.8 Å². The van der Waals surface area contributed by atoms with Gasteiger partial charge in [0.25, 0.3) is 0 Å². The number of nitroso groups, excluding NO2 is 1. The minimum Gasteiger partial charge on any atom is -0.379 e. The molecule has 0 unspecified atom stereocenters. The molecule has 1 aliphatic rings. The van der Waals surface area contributed by atoms with E-state index in [0.717, 1.165) is 39.3 Å². The molecule has 0 N–H and O–H groups in total. The van der Waals surface area contributed by atoms with Gasteiger partial charge < -0.3 is 4.74 Å². The largest absolute Gasteiger partial charge is 0.379 e. The van der Waals surface area contributed by atoms with Gasteiger partial charge in [-0.15, -0.1) is 0 Å². The first kappa shape index (κ1) is 8.62. The van der Waals surface area contributed by atoms with Crippen molar-refractivity contribution in [2.45, 2.75) is 6.42 Å². The third-order valence-corrected chi connectivity index (χ3v) is 1.83.